The molecule has 20 heavy (non-hydrogen) atoms. The molecular formula is C17H27NO2. The Bertz CT molecular complexity index is 419. The van der Waals surface area contributed by atoms with Crippen molar-refractivity contribution in [1.29, 1.82) is 0 Å². The fraction of sp³-hybridized carbons (Fsp3) is 0.647. The molecule has 1 N–H and O–H groups in total. The van der Waals surface area contributed by atoms with Crippen LogP contribution in [0.1, 0.15) is 50.3 Å². The summed E-state index contributed by atoms with van der Waals surface area (Å²) < 4.78 is 11.3. The first-order valence-corrected chi connectivity index (χ1v) is 7.77. The van der Waals surface area contributed by atoms with Crippen LogP contribution in [0.25, 0.3) is 0 Å². The van der Waals surface area contributed by atoms with Gasteiger partial charge < -0.3 is 14.8 Å². The molecule has 0 amide bonds. The average Bonchev–Trinajstić information content (AvgIpc) is 2.46. The molecule has 2 rings (SSSR count). The van der Waals surface area contributed by atoms with Gasteiger partial charge in [0.2, 0.25) is 0 Å². The van der Waals surface area contributed by atoms with E-state index in [2.05, 4.69) is 37.4 Å². The van der Waals surface area contributed by atoms with Gasteiger partial charge in [-0.25, -0.2) is 0 Å². The lowest BCUT2D eigenvalue weighted by Crippen LogP contribution is -2.25. The third-order valence-corrected chi connectivity index (χ3v) is 3.97. The molecule has 0 spiro atoms. The lowest BCUT2D eigenvalue weighted by atomic mass is 9.87. The molecule has 1 aromatic rings. The molecule has 0 fully saturated rings. The summed E-state index contributed by atoms with van der Waals surface area (Å²) in [6, 6.07) is 6.96. The van der Waals surface area contributed by atoms with Crippen LogP contribution in [0.2, 0.25) is 0 Å². The second-order valence-electron chi connectivity index (χ2n) is 5.54. The molecular weight excluding hydrogens is 250 g/mol. The van der Waals surface area contributed by atoms with Gasteiger partial charge in [0.15, 0.2) is 0 Å². The van der Waals surface area contributed by atoms with E-state index in [4.69, 9.17) is 9.47 Å². The lowest BCUT2D eigenvalue weighted by molar-refractivity contribution is 0.134. The van der Waals surface area contributed by atoms with Gasteiger partial charge in [-0.2, -0.15) is 0 Å². The molecule has 0 saturated carbocycles. The topological polar surface area (TPSA) is 30.5 Å². The van der Waals surface area contributed by atoms with Crippen molar-refractivity contribution in [2.75, 3.05) is 20.3 Å². The van der Waals surface area contributed by atoms with Crippen molar-refractivity contribution in [3.8, 4) is 5.75 Å². The van der Waals surface area contributed by atoms with Crippen molar-refractivity contribution < 1.29 is 9.47 Å². The number of nitrogens with one attached hydrogen (secondary N) is 1. The molecule has 0 saturated heterocycles. The molecule has 1 aliphatic carbocycles. The lowest BCUT2D eigenvalue weighted by Gasteiger charge is -2.28. The number of methoxy groups -OCH3 is 1. The highest BCUT2D eigenvalue weighted by Gasteiger charge is 2.22. The molecule has 0 radical (unpaired) electrons. The molecule has 0 bridgehead atoms. The Hall–Kier alpha value is -1.06. The predicted octanol–water partition coefficient (Wildman–Crippen LogP) is 3.48. The van der Waals surface area contributed by atoms with E-state index in [1.165, 1.54) is 24.0 Å². The number of fused-ring (bicyclic) bond motifs is 1. The summed E-state index contributed by atoms with van der Waals surface area (Å²) in [5, 5.41) is 3.58. The Kier molecular flexibility index (Phi) is 5.86. The second kappa shape index (κ2) is 7.65. The van der Waals surface area contributed by atoms with Gasteiger partial charge in [0, 0.05) is 26.2 Å². The van der Waals surface area contributed by atoms with Crippen molar-refractivity contribution in [1.82, 2.24) is 5.32 Å². The number of ether oxygens (including phenoxy) is 2. The van der Waals surface area contributed by atoms with Gasteiger partial charge in [0.1, 0.15) is 5.75 Å². The zero-order valence-corrected chi connectivity index (χ0v) is 12.9. The van der Waals surface area contributed by atoms with E-state index in [1.54, 1.807) is 7.11 Å². The fourth-order valence-electron chi connectivity index (χ4n) is 2.94. The third-order valence-electron chi connectivity index (χ3n) is 3.97. The maximum Gasteiger partial charge on any atom is 0.123 e. The maximum absolute atomic E-state index is 6.13. The zero-order valence-electron chi connectivity index (χ0n) is 12.9. The van der Waals surface area contributed by atoms with Crippen molar-refractivity contribution in [3.63, 3.8) is 0 Å². The van der Waals surface area contributed by atoms with Crippen LogP contribution in [0.4, 0.5) is 0 Å². The van der Waals surface area contributed by atoms with Crippen molar-refractivity contribution in [2.24, 2.45) is 0 Å². The Morgan fingerprint density at radius 2 is 2.25 bits per heavy atom. The standard InChI is InChI=1S/C17H27NO2/c1-4-18-16-9-5-8-15-14(16)7-6-10-17(15)20-13(2)11-12-19-3/h6-7,10,13,16,18H,4-5,8-9,11-12H2,1-3H3. The van der Waals surface area contributed by atoms with E-state index >= 15 is 0 Å². The van der Waals surface area contributed by atoms with Crippen molar-refractivity contribution >= 4 is 0 Å². The van der Waals surface area contributed by atoms with Crippen LogP contribution in [-0.2, 0) is 11.2 Å². The highest BCUT2D eigenvalue weighted by Crippen LogP contribution is 2.35. The van der Waals surface area contributed by atoms with Gasteiger partial charge in [0.05, 0.1) is 6.10 Å². The molecule has 2 unspecified atom stereocenters. The Morgan fingerprint density at radius 3 is 3.00 bits per heavy atom. The largest absolute Gasteiger partial charge is 0.490 e. The summed E-state index contributed by atoms with van der Waals surface area (Å²) >= 11 is 0. The van der Waals surface area contributed by atoms with Crippen molar-refractivity contribution in [2.45, 2.75) is 51.7 Å². The van der Waals surface area contributed by atoms with Gasteiger partial charge in [-0.05, 0) is 49.9 Å². The monoisotopic (exact) mass is 277 g/mol. The van der Waals surface area contributed by atoms with Crippen LogP contribution >= 0.6 is 0 Å². The summed E-state index contributed by atoms with van der Waals surface area (Å²) in [6.45, 7) is 6.04. The summed E-state index contributed by atoms with van der Waals surface area (Å²) in [6.07, 6.45) is 4.71. The Labute approximate surface area is 122 Å². The predicted molar refractivity (Wildman–Crippen MR) is 82.4 cm³/mol. The molecule has 0 aromatic heterocycles. The van der Waals surface area contributed by atoms with E-state index in [-0.39, 0.29) is 6.10 Å². The van der Waals surface area contributed by atoms with E-state index in [9.17, 15) is 0 Å². The first kappa shape index (κ1) is 15.3. The molecule has 112 valence electrons. The minimum atomic E-state index is 0.195. The molecule has 2 atom stereocenters. The van der Waals surface area contributed by atoms with Gasteiger partial charge in [-0.15, -0.1) is 0 Å². The van der Waals surface area contributed by atoms with Gasteiger partial charge in [0.25, 0.3) is 0 Å². The normalized spacial score (nSPS) is 19.4. The first-order valence-electron chi connectivity index (χ1n) is 7.77. The van der Waals surface area contributed by atoms with Crippen LogP contribution in [0, 0.1) is 0 Å². The van der Waals surface area contributed by atoms with Crippen LogP contribution in [0.3, 0.4) is 0 Å². The minimum absolute atomic E-state index is 0.195. The van der Waals surface area contributed by atoms with E-state index in [0.29, 0.717) is 6.04 Å². The molecule has 0 aliphatic heterocycles. The molecule has 3 heteroatoms. The van der Waals surface area contributed by atoms with E-state index in [0.717, 1.165) is 31.7 Å². The summed E-state index contributed by atoms with van der Waals surface area (Å²) in [7, 11) is 1.73. The number of benzene rings is 1. The van der Waals surface area contributed by atoms with Crippen LogP contribution in [-0.4, -0.2) is 26.4 Å². The first-order chi connectivity index (χ1) is 9.76. The molecule has 1 aromatic carbocycles. The van der Waals surface area contributed by atoms with Crippen LogP contribution < -0.4 is 10.1 Å². The average molecular weight is 277 g/mol. The Balaban J connectivity index is 2.12. The third kappa shape index (κ3) is 3.74. The van der Waals surface area contributed by atoms with Crippen LogP contribution in [0.5, 0.6) is 5.75 Å². The summed E-state index contributed by atoms with van der Waals surface area (Å²) in [5.74, 6) is 1.06. The quantitative estimate of drug-likeness (QED) is 0.827. The highest BCUT2D eigenvalue weighted by molar-refractivity contribution is 5.43. The Morgan fingerprint density at radius 1 is 1.40 bits per heavy atom. The highest BCUT2D eigenvalue weighted by atomic mass is 16.5. The van der Waals surface area contributed by atoms with E-state index < -0.39 is 0 Å². The fourth-order valence-corrected chi connectivity index (χ4v) is 2.94. The number of hydrogen-bond acceptors (Lipinski definition) is 3. The number of rotatable bonds is 7. The van der Waals surface area contributed by atoms with Gasteiger partial charge >= 0.3 is 0 Å². The smallest absolute Gasteiger partial charge is 0.123 e. The molecule has 0 heterocycles. The second-order valence-corrected chi connectivity index (χ2v) is 5.54. The summed E-state index contributed by atoms with van der Waals surface area (Å²) in [4.78, 5) is 0. The summed E-state index contributed by atoms with van der Waals surface area (Å²) in [5.41, 5.74) is 2.82. The maximum atomic E-state index is 6.13. The van der Waals surface area contributed by atoms with Crippen molar-refractivity contribution in [3.05, 3.63) is 29.3 Å². The van der Waals surface area contributed by atoms with Gasteiger partial charge in [-0.1, -0.05) is 19.1 Å². The van der Waals surface area contributed by atoms with E-state index in [1.807, 2.05) is 0 Å². The van der Waals surface area contributed by atoms with Crippen LogP contribution in [0.15, 0.2) is 18.2 Å². The zero-order chi connectivity index (χ0) is 14.4. The minimum Gasteiger partial charge on any atom is -0.490 e. The molecule has 3 nitrogen and oxygen atoms in total. The molecule has 1 aliphatic rings. The SMILES string of the molecule is CCNC1CCCc2c(OC(C)CCOC)cccc21. The van der Waals surface area contributed by atoms with Gasteiger partial charge in [-0.3, -0.25) is 0 Å². The number of hydrogen-bond donors (Lipinski definition) is 1.